The van der Waals surface area contributed by atoms with Crippen LogP contribution in [0, 0.1) is 6.92 Å². The van der Waals surface area contributed by atoms with Crippen LogP contribution in [0.5, 0.6) is 0 Å². The first kappa shape index (κ1) is 9.68. The number of rotatable bonds is 2. The van der Waals surface area contributed by atoms with E-state index in [9.17, 15) is 0 Å². The summed E-state index contributed by atoms with van der Waals surface area (Å²) in [5.74, 6) is 0. The summed E-state index contributed by atoms with van der Waals surface area (Å²) >= 11 is 8.25. The molecule has 2 N–H and O–H groups in total. The standard InChI is InChI=1S/C9H10BrNS/c1-6-2-3-8(10)4-7(6)5-9(11)12/h2-4H,5H2,1H3,(H2,11,12). The van der Waals surface area contributed by atoms with Crippen molar-refractivity contribution in [1.29, 1.82) is 0 Å². The molecule has 1 nitrogen and oxygen atoms in total. The Morgan fingerprint density at radius 1 is 1.58 bits per heavy atom. The van der Waals surface area contributed by atoms with Gasteiger partial charge in [0.1, 0.15) is 0 Å². The minimum absolute atomic E-state index is 0.538. The van der Waals surface area contributed by atoms with Gasteiger partial charge in [-0.05, 0) is 30.2 Å². The van der Waals surface area contributed by atoms with Crippen molar-refractivity contribution in [1.82, 2.24) is 0 Å². The predicted molar refractivity (Wildman–Crippen MR) is 59.4 cm³/mol. The van der Waals surface area contributed by atoms with Crippen molar-refractivity contribution in [3.05, 3.63) is 33.8 Å². The van der Waals surface area contributed by atoms with Gasteiger partial charge in [-0.25, -0.2) is 0 Å². The molecule has 12 heavy (non-hydrogen) atoms. The SMILES string of the molecule is Cc1ccc(Br)cc1CC(N)=S. The molecule has 1 aromatic carbocycles. The van der Waals surface area contributed by atoms with Gasteiger partial charge in [0.2, 0.25) is 0 Å². The number of halogens is 1. The fourth-order valence-corrected chi connectivity index (χ4v) is 1.58. The van der Waals surface area contributed by atoms with E-state index in [0.29, 0.717) is 11.4 Å². The highest BCUT2D eigenvalue weighted by molar-refractivity contribution is 9.10. The first-order valence-corrected chi connectivity index (χ1v) is 4.83. The second-order valence-electron chi connectivity index (χ2n) is 2.71. The van der Waals surface area contributed by atoms with Gasteiger partial charge in [0.15, 0.2) is 0 Å². The van der Waals surface area contributed by atoms with Crippen molar-refractivity contribution in [2.45, 2.75) is 13.3 Å². The summed E-state index contributed by atoms with van der Waals surface area (Å²) in [6.07, 6.45) is 0.681. The molecule has 0 fully saturated rings. The first-order valence-electron chi connectivity index (χ1n) is 3.63. The van der Waals surface area contributed by atoms with Crippen LogP contribution in [0.1, 0.15) is 11.1 Å². The normalized spacial score (nSPS) is 9.83. The fourth-order valence-electron chi connectivity index (χ4n) is 1.02. The highest BCUT2D eigenvalue weighted by Gasteiger charge is 1.99. The third-order valence-electron chi connectivity index (χ3n) is 1.68. The van der Waals surface area contributed by atoms with Crippen LogP contribution >= 0.6 is 28.1 Å². The van der Waals surface area contributed by atoms with Crippen LogP contribution < -0.4 is 5.73 Å². The summed E-state index contributed by atoms with van der Waals surface area (Å²) in [6.45, 7) is 2.06. The molecule has 0 saturated carbocycles. The van der Waals surface area contributed by atoms with Crippen molar-refractivity contribution >= 4 is 33.1 Å². The minimum Gasteiger partial charge on any atom is -0.393 e. The molecule has 0 atom stereocenters. The van der Waals surface area contributed by atoms with Crippen molar-refractivity contribution in [2.24, 2.45) is 5.73 Å². The van der Waals surface area contributed by atoms with E-state index >= 15 is 0 Å². The molecule has 3 heteroatoms. The molecule has 0 heterocycles. The lowest BCUT2D eigenvalue weighted by molar-refractivity contribution is 1.25. The maximum Gasteiger partial charge on any atom is 0.0771 e. The lowest BCUT2D eigenvalue weighted by Gasteiger charge is -2.04. The highest BCUT2D eigenvalue weighted by atomic mass is 79.9. The molecule has 0 aliphatic carbocycles. The largest absolute Gasteiger partial charge is 0.393 e. The van der Waals surface area contributed by atoms with Gasteiger partial charge in [-0.3, -0.25) is 0 Å². The molecule has 0 unspecified atom stereocenters. The molecule has 0 spiro atoms. The Hall–Kier alpha value is -0.410. The summed E-state index contributed by atoms with van der Waals surface area (Å²) < 4.78 is 1.07. The third-order valence-corrected chi connectivity index (χ3v) is 2.31. The number of aryl methyl sites for hydroxylation is 1. The van der Waals surface area contributed by atoms with Crippen molar-refractivity contribution in [3.8, 4) is 0 Å². The van der Waals surface area contributed by atoms with E-state index in [2.05, 4.69) is 35.0 Å². The van der Waals surface area contributed by atoms with Crippen LogP contribution in [-0.4, -0.2) is 4.99 Å². The third kappa shape index (κ3) is 2.57. The maximum atomic E-state index is 5.46. The molecular formula is C9H10BrNS. The second kappa shape index (κ2) is 4.01. The molecule has 0 aliphatic rings. The Balaban J connectivity index is 2.97. The zero-order valence-corrected chi connectivity index (χ0v) is 9.21. The maximum absolute atomic E-state index is 5.46. The van der Waals surface area contributed by atoms with Gasteiger partial charge in [-0.15, -0.1) is 0 Å². The smallest absolute Gasteiger partial charge is 0.0771 e. The summed E-state index contributed by atoms with van der Waals surface area (Å²) in [5, 5.41) is 0. The van der Waals surface area contributed by atoms with E-state index in [4.69, 9.17) is 18.0 Å². The number of nitrogens with two attached hydrogens (primary N) is 1. The van der Waals surface area contributed by atoms with Gasteiger partial charge >= 0.3 is 0 Å². The quantitative estimate of drug-likeness (QED) is 0.809. The van der Waals surface area contributed by atoms with Crippen molar-refractivity contribution in [3.63, 3.8) is 0 Å². The zero-order chi connectivity index (χ0) is 9.14. The van der Waals surface area contributed by atoms with Crippen molar-refractivity contribution < 1.29 is 0 Å². The van der Waals surface area contributed by atoms with Gasteiger partial charge in [0.05, 0.1) is 4.99 Å². The molecule has 0 aromatic heterocycles. The number of benzene rings is 1. The molecule has 0 bridgehead atoms. The second-order valence-corrected chi connectivity index (χ2v) is 4.15. The molecule has 0 amide bonds. The van der Waals surface area contributed by atoms with Crippen LogP contribution in [0.15, 0.2) is 22.7 Å². The highest BCUT2D eigenvalue weighted by Crippen LogP contribution is 2.16. The summed E-state index contributed by atoms with van der Waals surface area (Å²) in [4.78, 5) is 0.538. The van der Waals surface area contributed by atoms with Gasteiger partial charge in [-0.2, -0.15) is 0 Å². The van der Waals surface area contributed by atoms with E-state index in [1.165, 1.54) is 11.1 Å². The average molecular weight is 244 g/mol. The Labute approximate surface area is 86.1 Å². The van der Waals surface area contributed by atoms with E-state index in [0.717, 1.165) is 4.47 Å². The monoisotopic (exact) mass is 243 g/mol. The van der Waals surface area contributed by atoms with E-state index in [1.54, 1.807) is 0 Å². The zero-order valence-electron chi connectivity index (χ0n) is 6.80. The molecule has 0 saturated heterocycles. The van der Waals surface area contributed by atoms with Crippen LogP contribution in [0.4, 0.5) is 0 Å². The van der Waals surface area contributed by atoms with Crippen LogP contribution in [0.3, 0.4) is 0 Å². The van der Waals surface area contributed by atoms with Crippen molar-refractivity contribution in [2.75, 3.05) is 0 Å². The lowest BCUT2D eigenvalue weighted by atomic mass is 10.1. The fraction of sp³-hybridized carbons (Fsp3) is 0.222. The molecule has 1 aromatic rings. The Bertz CT molecular complexity index is 309. The van der Waals surface area contributed by atoms with Gasteiger partial charge in [-0.1, -0.05) is 34.2 Å². The van der Waals surface area contributed by atoms with Crippen LogP contribution in [0.25, 0.3) is 0 Å². The first-order chi connectivity index (χ1) is 5.59. The molecule has 0 radical (unpaired) electrons. The molecule has 64 valence electrons. The van der Waals surface area contributed by atoms with Gasteiger partial charge < -0.3 is 5.73 Å². The van der Waals surface area contributed by atoms with Gasteiger partial charge in [0, 0.05) is 10.9 Å². The van der Waals surface area contributed by atoms with Crippen LogP contribution in [0.2, 0.25) is 0 Å². The summed E-state index contributed by atoms with van der Waals surface area (Å²) in [7, 11) is 0. The topological polar surface area (TPSA) is 26.0 Å². The van der Waals surface area contributed by atoms with Crippen LogP contribution in [-0.2, 0) is 6.42 Å². The Kier molecular flexibility index (Phi) is 3.23. The van der Waals surface area contributed by atoms with E-state index in [-0.39, 0.29) is 0 Å². The number of hydrogen-bond donors (Lipinski definition) is 1. The Morgan fingerprint density at radius 2 is 2.25 bits per heavy atom. The molecule has 1 rings (SSSR count). The minimum atomic E-state index is 0.538. The lowest BCUT2D eigenvalue weighted by Crippen LogP contribution is -2.11. The van der Waals surface area contributed by atoms with E-state index < -0.39 is 0 Å². The average Bonchev–Trinajstić information content (AvgIpc) is 1.96. The summed E-state index contributed by atoms with van der Waals surface area (Å²) in [6, 6.07) is 6.12. The number of thiocarbonyl (C=S) groups is 1. The van der Waals surface area contributed by atoms with Gasteiger partial charge in [0.25, 0.3) is 0 Å². The summed E-state index contributed by atoms with van der Waals surface area (Å²) in [5.41, 5.74) is 7.88. The predicted octanol–water partition coefficient (Wildman–Crippen LogP) is 2.59. The number of hydrogen-bond acceptors (Lipinski definition) is 1. The Morgan fingerprint density at radius 3 is 2.83 bits per heavy atom. The van der Waals surface area contributed by atoms with E-state index in [1.807, 2.05) is 6.07 Å². The molecule has 0 aliphatic heterocycles. The molecular weight excluding hydrogens is 234 g/mol.